The number of carbonyl (C=O) groups is 2. The largest absolute Gasteiger partial charge is 0.478 e. The lowest BCUT2D eigenvalue weighted by atomic mass is 10.1. The Morgan fingerprint density at radius 2 is 1.93 bits per heavy atom. The van der Waals surface area contributed by atoms with E-state index < -0.39 is 12.1 Å². The maximum absolute atomic E-state index is 12.5. The lowest BCUT2D eigenvalue weighted by Gasteiger charge is -2.01. The summed E-state index contributed by atoms with van der Waals surface area (Å²) in [4.78, 5) is 19.6. The number of alkyl halides is 1. The molecule has 4 heteroatoms. The van der Waals surface area contributed by atoms with Gasteiger partial charge in [0, 0.05) is 6.08 Å². The van der Waals surface area contributed by atoms with Crippen LogP contribution in [0.2, 0.25) is 0 Å². The molecule has 0 radical (unpaired) electrons. The monoisotopic (exact) mass is 218 g/mol. The minimum atomic E-state index is -1.22. The molecule has 0 saturated heterocycles. The van der Waals surface area contributed by atoms with E-state index in [1.807, 2.05) is 0 Å². The second-order valence-corrected chi connectivity index (χ2v) is 3.12. The van der Waals surface area contributed by atoms with Crippen LogP contribution in [-0.4, -0.2) is 23.0 Å². The van der Waals surface area contributed by atoms with Crippen molar-refractivity contribution in [2.24, 2.45) is 0 Å². The number of rotatable bonds is 6. The molecule has 0 aliphatic heterocycles. The zero-order valence-electron chi connectivity index (χ0n) is 9.33. The Bertz CT molecular complexity index is 202. The van der Waals surface area contributed by atoms with E-state index in [0.29, 0.717) is 6.42 Å². The number of Topliss-reactive ketones (excluding diaryl/α,β-unsaturated/α-hetero) is 1. The first-order chi connectivity index (χ1) is 6.95. The van der Waals surface area contributed by atoms with Crippen LogP contribution in [0.1, 0.15) is 39.5 Å². The van der Waals surface area contributed by atoms with Crippen molar-refractivity contribution in [3.05, 3.63) is 12.7 Å². The van der Waals surface area contributed by atoms with Crippen LogP contribution in [0.15, 0.2) is 12.7 Å². The molecule has 0 aromatic heterocycles. The second kappa shape index (κ2) is 10.9. The quantitative estimate of drug-likeness (QED) is 0.551. The van der Waals surface area contributed by atoms with Crippen LogP contribution in [0.5, 0.6) is 0 Å². The standard InChI is InChI=1S/C8H15FO.C3H4O2/c1-3-4-5-6-8(9)7(2)10;1-2-3(4)5/h8H,3-6H2,1-2H3;2H,1H2,(H,4,5). The van der Waals surface area contributed by atoms with Gasteiger partial charge in [0.25, 0.3) is 0 Å². The summed E-state index contributed by atoms with van der Waals surface area (Å²) in [5.41, 5.74) is 0. The summed E-state index contributed by atoms with van der Waals surface area (Å²) in [6.07, 6.45) is 2.95. The molecule has 88 valence electrons. The van der Waals surface area contributed by atoms with Crippen molar-refractivity contribution in [2.75, 3.05) is 0 Å². The lowest BCUT2D eigenvalue weighted by Crippen LogP contribution is -2.10. The molecular weight excluding hydrogens is 199 g/mol. The molecule has 3 nitrogen and oxygen atoms in total. The van der Waals surface area contributed by atoms with Gasteiger partial charge in [-0.15, -0.1) is 0 Å². The molecule has 0 aliphatic rings. The Kier molecular flexibility index (Phi) is 11.8. The zero-order chi connectivity index (χ0) is 12.3. The summed E-state index contributed by atoms with van der Waals surface area (Å²) in [6, 6.07) is 0. The minimum absolute atomic E-state index is 0.337. The Balaban J connectivity index is 0. The fourth-order valence-corrected chi connectivity index (χ4v) is 0.777. The van der Waals surface area contributed by atoms with E-state index in [-0.39, 0.29) is 5.78 Å². The molecule has 0 fully saturated rings. The minimum Gasteiger partial charge on any atom is -0.478 e. The first-order valence-electron chi connectivity index (χ1n) is 4.95. The first-order valence-corrected chi connectivity index (χ1v) is 4.95. The van der Waals surface area contributed by atoms with Gasteiger partial charge in [-0.1, -0.05) is 32.8 Å². The Labute approximate surface area is 90.0 Å². The number of unbranched alkanes of at least 4 members (excludes halogenated alkanes) is 2. The highest BCUT2D eigenvalue weighted by Gasteiger charge is 2.09. The molecule has 0 rings (SSSR count). The molecule has 0 heterocycles. The summed E-state index contributed by atoms with van der Waals surface area (Å²) < 4.78 is 12.5. The number of ketones is 1. The molecule has 0 bridgehead atoms. The van der Waals surface area contributed by atoms with Gasteiger partial charge in [-0.3, -0.25) is 4.79 Å². The molecule has 0 amide bonds. The van der Waals surface area contributed by atoms with Crippen LogP contribution in [0, 0.1) is 0 Å². The topological polar surface area (TPSA) is 54.4 Å². The van der Waals surface area contributed by atoms with Gasteiger partial charge in [-0.05, 0) is 13.3 Å². The van der Waals surface area contributed by atoms with E-state index >= 15 is 0 Å². The number of aliphatic carboxylic acids is 1. The number of carboxylic acid groups (broad SMARTS) is 1. The number of carbonyl (C=O) groups excluding carboxylic acids is 1. The molecule has 15 heavy (non-hydrogen) atoms. The Morgan fingerprint density at radius 1 is 1.47 bits per heavy atom. The maximum Gasteiger partial charge on any atom is 0.327 e. The third kappa shape index (κ3) is 15.6. The van der Waals surface area contributed by atoms with Crippen LogP contribution in [0.25, 0.3) is 0 Å². The summed E-state index contributed by atoms with van der Waals surface area (Å²) in [6.45, 7) is 6.32. The van der Waals surface area contributed by atoms with Crippen LogP contribution >= 0.6 is 0 Å². The average Bonchev–Trinajstić information content (AvgIpc) is 2.18. The third-order valence-corrected chi connectivity index (χ3v) is 1.68. The van der Waals surface area contributed by atoms with Crippen LogP contribution in [0.3, 0.4) is 0 Å². The number of hydrogen-bond donors (Lipinski definition) is 1. The fourth-order valence-electron chi connectivity index (χ4n) is 0.777. The molecular formula is C11H19FO3. The van der Waals surface area contributed by atoms with Gasteiger partial charge in [-0.25, -0.2) is 9.18 Å². The normalized spacial score (nSPS) is 10.9. The van der Waals surface area contributed by atoms with Gasteiger partial charge in [0.15, 0.2) is 12.0 Å². The average molecular weight is 218 g/mol. The Morgan fingerprint density at radius 3 is 2.20 bits per heavy atom. The van der Waals surface area contributed by atoms with E-state index in [4.69, 9.17) is 5.11 Å². The number of halogens is 1. The van der Waals surface area contributed by atoms with Crippen LogP contribution in [0.4, 0.5) is 4.39 Å². The highest BCUT2D eigenvalue weighted by Crippen LogP contribution is 2.06. The van der Waals surface area contributed by atoms with Crippen molar-refractivity contribution < 1.29 is 19.1 Å². The van der Waals surface area contributed by atoms with Crippen LogP contribution < -0.4 is 0 Å². The van der Waals surface area contributed by atoms with Gasteiger partial charge < -0.3 is 5.11 Å². The molecule has 1 atom stereocenters. The number of hydrogen-bond acceptors (Lipinski definition) is 2. The van der Waals surface area contributed by atoms with Gasteiger partial charge in [-0.2, -0.15) is 0 Å². The van der Waals surface area contributed by atoms with E-state index in [1.165, 1.54) is 6.92 Å². The first kappa shape index (κ1) is 16.2. The molecule has 0 spiro atoms. The van der Waals surface area contributed by atoms with Crippen molar-refractivity contribution in [1.82, 2.24) is 0 Å². The molecule has 0 aromatic carbocycles. The summed E-state index contributed by atoms with van der Waals surface area (Å²) >= 11 is 0. The molecule has 0 aromatic rings. The van der Waals surface area contributed by atoms with Crippen molar-refractivity contribution in [3.63, 3.8) is 0 Å². The summed E-state index contributed by atoms with van der Waals surface area (Å²) in [7, 11) is 0. The maximum atomic E-state index is 12.5. The lowest BCUT2D eigenvalue weighted by molar-refractivity contribution is -0.131. The molecule has 1 unspecified atom stereocenters. The highest BCUT2D eigenvalue weighted by molar-refractivity contribution is 5.80. The highest BCUT2D eigenvalue weighted by atomic mass is 19.1. The number of carboxylic acids is 1. The van der Waals surface area contributed by atoms with Gasteiger partial charge in [0.05, 0.1) is 0 Å². The van der Waals surface area contributed by atoms with Crippen molar-refractivity contribution in [2.45, 2.75) is 45.7 Å². The van der Waals surface area contributed by atoms with Gasteiger partial charge in [0.1, 0.15) is 0 Å². The smallest absolute Gasteiger partial charge is 0.327 e. The molecule has 0 aliphatic carbocycles. The molecule has 1 N–H and O–H groups in total. The van der Waals surface area contributed by atoms with Crippen molar-refractivity contribution in [3.8, 4) is 0 Å². The van der Waals surface area contributed by atoms with Gasteiger partial charge in [0.2, 0.25) is 0 Å². The van der Waals surface area contributed by atoms with Crippen molar-refractivity contribution >= 4 is 11.8 Å². The fraction of sp³-hybridized carbons (Fsp3) is 0.636. The Hall–Kier alpha value is -1.19. The SMILES string of the molecule is C=CC(=O)O.CCCCCC(F)C(C)=O. The van der Waals surface area contributed by atoms with E-state index in [1.54, 1.807) is 0 Å². The predicted octanol–water partition coefficient (Wildman–Crippen LogP) is 2.75. The third-order valence-electron chi connectivity index (χ3n) is 1.68. The second-order valence-electron chi connectivity index (χ2n) is 3.12. The van der Waals surface area contributed by atoms with Crippen LogP contribution in [-0.2, 0) is 9.59 Å². The van der Waals surface area contributed by atoms with E-state index in [2.05, 4.69) is 13.5 Å². The summed E-state index contributed by atoms with van der Waals surface area (Å²) in [5.74, 6) is -1.32. The van der Waals surface area contributed by atoms with Crippen molar-refractivity contribution in [1.29, 1.82) is 0 Å². The summed E-state index contributed by atoms with van der Waals surface area (Å²) in [5, 5.41) is 7.60. The van der Waals surface area contributed by atoms with E-state index in [0.717, 1.165) is 25.3 Å². The molecule has 0 saturated carbocycles. The zero-order valence-corrected chi connectivity index (χ0v) is 9.33. The predicted molar refractivity (Wildman–Crippen MR) is 57.6 cm³/mol. The van der Waals surface area contributed by atoms with Gasteiger partial charge >= 0.3 is 5.97 Å². The van der Waals surface area contributed by atoms with E-state index in [9.17, 15) is 14.0 Å².